The summed E-state index contributed by atoms with van der Waals surface area (Å²) in [5.41, 5.74) is 1.79. The van der Waals surface area contributed by atoms with Gasteiger partial charge in [-0.15, -0.1) is 5.06 Å². The first-order chi connectivity index (χ1) is 35.8. The molecule has 2 aromatic carbocycles. The van der Waals surface area contributed by atoms with E-state index in [-0.39, 0.29) is 41.1 Å². The van der Waals surface area contributed by atoms with Gasteiger partial charge in [0, 0.05) is 16.7 Å². The van der Waals surface area contributed by atoms with Gasteiger partial charge in [0.25, 0.3) is 29.5 Å². The highest BCUT2D eigenvalue weighted by atomic mass is 16.7. The van der Waals surface area contributed by atoms with Crippen molar-refractivity contribution in [3.63, 3.8) is 0 Å². The fourth-order valence-electron chi connectivity index (χ4n) is 11.5. The number of hydroxylamine groups is 2. The Morgan fingerprint density at radius 1 is 0.514 bits per heavy atom. The number of hydrogen-bond acceptors (Lipinski definition) is 10. The molecule has 4 atom stereocenters. The Labute approximate surface area is 442 Å². The van der Waals surface area contributed by atoms with Crippen LogP contribution < -0.4 is 0 Å². The molecule has 0 bridgehead atoms. The fourth-order valence-corrected chi connectivity index (χ4v) is 11.5. The van der Waals surface area contributed by atoms with Crippen LogP contribution in [0.5, 0.6) is 0 Å². The van der Waals surface area contributed by atoms with Gasteiger partial charge in [-0.2, -0.15) is 0 Å². The summed E-state index contributed by atoms with van der Waals surface area (Å²) >= 11 is 0. The van der Waals surface area contributed by atoms with Crippen molar-refractivity contribution in [2.75, 3.05) is 13.2 Å². The van der Waals surface area contributed by atoms with E-state index in [2.05, 4.69) is 27.0 Å². The molecule has 5 rings (SSSR count). The first-order valence-corrected chi connectivity index (χ1v) is 28.7. The molecular weight excluding hydrogens is 933 g/mol. The summed E-state index contributed by atoms with van der Waals surface area (Å²) in [5.74, 6) is -1.06. The predicted molar refractivity (Wildman–Crippen MR) is 289 cm³/mol. The molecule has 0 spiro atoms. The van der Waals surface area contributed by atoms with E-state index in [1.54, 1.807) is 18.2 Å². The average molecular weight is 1020 g/mol. The van der Waals surface area contributed by atoms with Crippen molar-refractivity contribution >= 4 is 41.5 Å². The number of ether oxygens (including phenoxy) is 2. The summed E-state index contributed by atoms with van der Waals surface area (Å²) in [6.07, 6.45) is 34.7. The lowest BCUT2D eigenvalue weighted by Crippen LogP contribution is -2.40. The average Bonchev–Trinajstić information content (AvgIpc) is 3.64. The Hall–Kier alpha value is -5.23. The SMILES string of the molecule is C=C(C)C(=O)N1OCc2cc(C(=O)OCCCCCCCCC3CCC(CCCCCC)C(CCCCCCCC)C3CCCCCCCCOC(=O)c3ccc4c(c3)C(=O)N(C(=O)C(=C)C)C4=O)ccc2C1=O. The molecule has 2 heterocycles. The van der Waals surface area contributed by atoms with Gasteiger partial charge in [0.15, 0.2) is 0 Å². The quantitative estimate of drug-likeness (QED) is 0.0286. The molecule has 12 nitrogen and oxygen atoms in total. The maximum atomic E-state index is 12.9. The molecule has 2 aliphatic heterocycles. The number of unbranched alkanes of at least 4 members (excludes halogenated alkanes) is 18. The van der Waals surface area contributed by atoms with Crippen LogP contribution in [0.4, 0.5) is 0 Å². The Morgan fingerprint density at radius 2 is 0.932 bits per heavy atom. The summed E-state index contributed by atoms with van der Waals surface area (Å²) in [4.78, 5) is 94.8. The van der Waals surface area contributed by atoms with Crippen molar-refractivity contribution in [1.29, 1.82) is 0 Å². The second kappa shape index (κ2) is 31.6. The van der Waals surface area contributed by atoms with Crippen LogP contribution in [0.2, 0.25) is 0 Å². The lowest BCUT2D eigenvalue weighted by atomic mass is 9.61. The summed E-state index contributed by atoms with van der Waals surface area (Å²) in [6, 6.07) is 8.93. The van der Waals surface area contributed by atoms with Crippen LogP contribution in [-0.2, 0) is 30.5 Å². The highest BCUT2D eigenvalue weighted by Crippen LogP contribution is 2.48. The third-order valence-corrected chi connectivity index (χ3v) is 15.7. The number of benzene rings is 2. The van der Waals surface area contributed by atoms with E-state index < -0.39 is 41.5 Å². The lowest BCUT2D eigenvalue weighted by molar-refractivity contribution is -0.171. The standard InChI is InChI=1S/C62H88N2O10/c1-7-9-11-13-19-25-31-51-46(29-23-12-10-8-2)33-34-47(30-24-18-14-16-21-27-39-72-61(70)48-35-37-53-50(41-48)43-74-64(60(53)69)57(66)45(5)6)52(51)32-26-20-15-17-22-28-40-73-62(71)49-36-38-54-55(42-49)59(68)63(58(54)67)56(65)44(3)4/h35-38,41-42,46-47,51-52H,3,5,7-34,39-40,43H2,1-2,4,6H3. The number of carbonyl (C=O) groups is 7. The van der Waals surface area contributed by atoms with Crippen LogP contribution in [0.25, 0.3) is 0 Å². The van der Waals surface area contributed by atoms with Crippen LogP contribution >= 0.6 is 0 Å². The third-order valence-electron chi connectivity index (χ3n) is 15.7. The van der Waals surface area contributed by atoms with Gasteiger partial charge in [-0.25, -0.2) is 14.5 Å². The van der Waals surface area contributed by atoms with E-state index >= 15 is 0 Å². The molecule has 406 valence electrons. The minimum Gasteiger partial charge on any atom is -0.462 e. The number of amides is 5. The van der Waals surface area contributed by atoms with E-state index in [4.69, 9.17) is 14.3 Å². The van der Waals surface area contributed by atoms with E-state index in [0.29, 0.717) is 28.2 Å². The fraction of sp³-hybridized carbons (Fsp3) is 0.629. The number of imide groups is 4. The zero-order chi connectivity index (χ0) is 53.4. The van der Waals surface area contributed by atoms with Gasteiger partial charge >= 0.3 is 11.9 Å². The molecule has 2 aromatic rings. The highest BCUT2D eigenvalue weighted by Gasteiger charge is 2.41. The van der Waals surface area contributed by atoms with Gasteiger partial charge in [0.1, 0.15) is 6.61 Å². The molecule has 4 unspecified atom stereocenters. The highest BCUT2D eigenvalue weighted by molar-refractivity contribution is 6.31. The van der Waals surface area contributed by atoms with Crippen LogP contribution in [0.15, 0.2) is 60.7 Å². The van der Waals surface area contributed by atoms with Gasteiger partial charge in [0.2, 0.25) is 0 Å². The van der Waals surface area contributed by atoms with E-state index in [1.165, 1.54) is 173 Å². The van der Waals surface area contributed by atoms with Gasteiger partial charge in [-0.3, -0.25) is 28.8 Å². The topological polar surface area (TPSA) is 154 Å². The molecule has 1 aliphatic carbocycles. The molecule has 74 heavy (non-hydrogen) atoms. The van der Waals surface area contributed by atoms with Gasteiger partial charge in [0.05, 0.1) is 35.5 Å². The minimum atomic E-state index is -0.751. The third kappa shape index (κ3) is 17.4. The predicted octanol–water partition coefficient (Wildman–Crippen LogP) is 14.8. The zero-order valence-electron chi connectivity index (χ0n) is 45.6. The van der Waals surface area contributed by atoms with E-state index in [9.17, 15) is 33.6 Å². The van der Waals surface area contributed by atoms with Crippen LogP contribution in [0.1, 0.15) is 265 Å². The van der Waals surface area contributed by atoms with Crippen molar-refractivity contribution in [3.05, 3.63) is 94.1 Å². The molecule has 3 aliphatic rings. The number of carbonyl (C=O) groups excluding carboxylic acids is 7. The molecule has 0 saturated heterocycles. The number of esters is 2. The molecule has 5 amide bonds. The monoisotopic (exact) mass is 1020 g/mol. The smallest absolute Gasteiger partial charge is 0.338 e. The van der Waals surface area contributed by atoms with E-state index in [0.717, 1.165) is 67.3 Å². The molecule has 1 fully saturated rings. The summed E-state index contributed by atoms with van der Waals surface area (Å²) in [7, 11) is 0. The van der Waals surface area contributed by atoms with Gasteiger partial charge in [-0.1, -0.05) is 168 Å². The number of nitrogens with zero attached hydrogens (tertiary/aromatic N) is 2. The normalized spacial score (nSPS) is 18.3. The summed E-state index contributed by atoms with van der Waals surface area (Å²) < 4.78 is 11.2. The van der Waals surface area contributed by atoms with Crippen molar-refractivity contribution in [2.24, 2.45) is 23.7 Å². The Morgan fingerprint density at radius 3 is 1.43 bits per heavy atom. The van der Waals surface area contributed by atoms with Crippen molar-refractivity contribution < 1.29 is 47.9 Å². The van der Waals surface area contributed by atoms with Crippen LogP contribution in [0, 0.1) is 23.7 Å². The Kier molecular flexibility index (Phi) is 25.5. The van der Waals surface area contributed by atoms with Gasteiger partial charge < -0.3 is 9.47 Å². The largest absolute Gasteiger partial charge is 0.462 e. The van der Waals surface area contributed by atoms with Gasteiger partial charge in [-0.05, 0) is 118 Å². The first-order valence-electron chi connectivity index (χ1n) is 28.7. The Balaban J connectivity index is 1.03. The minimum absolute atomic E-state index is 0.00275. The van der Waals surface area contributed by atoms with Crippen molar-refractivity contribution in [1.82, 2.24) is 9.96 Å². The number of rotatable bonds is 34. The van der Waals surface area contributed by atoms with Crippen molar-refractivity contribution in [2.45, 2.75) is 214 Å². The summed E-state index contributed by atoms with van der Waals surface area (Å²) in [5, 5.41) is 0.723. The van der Waals surface area contributed by atoms with Crippen LogP contribution in [-0.4, -0.2) is 64.7 Å². The Bertz CT molecular complexity index is 2250. The first kappa shape index (κ1) is 59.6. The summed E-state index contributed by atoms with van der Waals surface area (Å²) in [6.45, 7) is 15.3. The second-order valence-electron chi connectivity index (χ2n) is 21.5. The molecule has 1 saturated carbocycles. The maximum Gasteiger partial charge on any atom is 0.338 e. The van der Waals surface area contributed by atoms with E-state index in [1.807, 2.05) is 0 Å². The number of hydrogen-bond donors (Lipinski definition) is 0. The molecule has 0 radical (unpaired) electrons. The lowest BCUT2D eigenvalue weighted by Gasteiger charge is -2.44. The number of fused-ring (bicyclic) bond motifs is 2. The van der Waals surface area contributed by atoms with Crippen molar-refractivity contribution in [3.8, 4) is 0 Å². The molecule has 12 heteroatoms. The second-order valence-corrected chi connectivity index (χ2v) is 21.5. The molecule has 0 N–H and O–H groups in total. The molecular formula is C62H88N2O10. The van der Waals surface area contributed by atoms with Crippen LogP contribution in [0.3, 0.4) is 0 Å². The zero-order valence-corrected chi connectivity index (χ0v) is 45.6. The maximum absolute atomic E-state index is 12.9. The molecule has 0 aromatic heterocycles.